The quantitative estimate of drug-likeness (QED) is 0.325. The van der Waals surface area contributed by atoms with Crippen molar-refractivity contribution in [3.8, 4) is 28.6 Å². The SMILES string of the molecule is Cc1ccc(-c2noc(-c3cccc(OCC4CCN(Cc5cccc(Cl)c5)CC4)c3)n2)cn1. The van der Waals surface area contributed by atoms with Crippen LogP contribution >= 0.6 is 11.6 Å². The van der Waals surface area contributed by atoms with Crippen molar-refractivity contribution in [1.29, 1.82) is 0 Å². The van der Waals surface area contributed by atoms with Gasteiger partial charge in [-0.1, -0.05) is 35.0 Å². The number of ether oxygens (including phenoxy) is 1. The van der Waals surface area contributed by atoms with E-state index in [2.05, 4.69) is 26.1 Å². The monoisotopic (exact) mass is 474 g/mol. The molecule has 174 valence electrons. The second-order valence-corrected chi connectivity index (χ2v) is 9.24. The molecule has 1 saturated heterocycles. The first kappa shape index (κ1) is 22.6. The zero-order chi connectivity index (χ0) is 23.3. The van der Waals surface area contributed by atoms with Crippen LogP contribution in [0.2, 0.25) is 5.02 Å². The Hall–Kier alpha value is -3.22. The summed E-state index contributed by atoms with van der Waals surface area (Å²) >= 11 is 6.12. The number of hydrogen-bond donors (Lipinski definition) is 0. The number of pyridine rings is 1. The summed E-state index contributed by atoms with van der Waals surface area (Å²) < 4.78 is 11.6. The highest BCUT2D eigenvalue weighted by molar-refractivity contribution is 6.30. The van der Waals surface area contributed by atoms with E-state index in [9.17, 15) is 0 Å². The fourth-order valence-electron chi connectivity index (χ4n) is 4.20. The van der Waals surface area contributed by atoms with Gasteiger partial charge in [0.15, 0.2) is 0 Å². The number of aryl methyl sites for hydroxylation is 1. The lowest BCUT2D eigenvalue weighted by atomic mass is 9.97. The summed E-state index contributed by atoms with van der Waals surface area (Å²) in [6, 6.07) is 19.8. The van der Waals surface area contributed by atoms with E-state index in [1.807, 2.05) is 61.5 Å². The molecule has 1 aliphatic heterocycles. The van der Waals surface area contributed by atoms with Gasteiger partial charge < -0.3 is 9.26 Å². The Labute approximate surface area is 204 Å². The molecule has 0 amide bonds. The highest BCUT2D eigenvalue weighted by Gasteiger charge is 2.20. The predicted molar refractivity (Wildman–Crippen MR) is 133 cm³/mol. The Bertz CT molecular complexity index is 1230. The van der Waals surface area contributed by atoms with E-state index in [0.717, 1.165) is 60.1 Å². The number of piperidine rings is 1. The Morgan fingerprint density at radius 3 is 2.68 bits per heavy atom. The van der Waals surface area contributed by atoms with Crippen LogP contribution in [0.15, 0.2) is 71.4 Å². The van der Waals surface area contributed by atoms with Crippen LogP contribution in [0, 0.1) is 12.8 Å². The first-order valence-electron chi connectivity index (χ1n) is 11.6. The van der Waals surface area contributed by atoms with Gasteiger partial charge in [0, 0.05) is 34.6 Å². The van der Waals surface area contributed by atoms with Gasteiger partial charge in [0.1, 0.15) is 5.75 Å². The second kappa shape index (κ2) is 10.4. The number of hydrogen-bond acceptors (Lipinski definition) is 6. The predicted octanol–water partition coefficient (Wildman–Crippen LogP) is 6.05. The number of benzene rings is 2. The van der Waals surface area contributed by atoms with Crippen LogP contribution in [-0.4, -0.2) is 39.7 Å². The van der Waals surface area contributed by atoms with Gasteiger partial charge in [0.2, 0.25) is 5.82 Å². The number of nitrogens with zero attached hydrogens (tertiary/aromatic N) is 4. The van der Waals surface area contributed by atoms with Gasteiger partial charge in [-0.05, 0) is 86.8 Å². The lowest BCUT2D eigenvalue weighted by Gasteiger charge is -2.31. The molecule has 0 unspecified atom stereocenters. The molecule has 3 heterocycles. The van der Waals surface area contributed by atoms with Gasteiger partial charge in [-0.15, -0.1) is 0 Å². The minimum atomic E-state index is 0.468. The fraction of sp³-hybridized carbons (Fsp3) is 0.296. The van der Waals surface area contributed by atoms with Crippen LogP contribution in [0.25, 0.3) is 22.8 Å². The Kier molecular flexibility index (Phi) is 6.88. The van der Waals surface area contributed by atoms with E-state index in [0.29, 0.717) is 24.2 Å². The molecule has 2 aromatic heterocycles. The molecule has 0 bridgehead atoms. The first-order valence-corrected chi connectivity index (χ1v) is 12.0. The molecule has 7 heteroatoms. The molecule has 0 aliphatic carbocycles. The molecule has 1 aliphatic rings. The van der Waals surface area contributed by atoms with Crippen molar-refractivity contribution in [2.45, 2.75) is 26.3 Å². The summed E-state index contributed by atoms with van der Waals surface area (Å²) in [6.45, 7) is 5.74. The van der Waals surface area contributed by atoms with E-state index in [4.69, 9.17) is 20.9 Å². The molecule has 4 aromatic rings. The third-order valence-corrected chi connectivity index (χ3v) is 6.40. The normalized spacial score (nSPS) is 14.9. The van der Waals surface area contributed by atoms with Gasteiger partial charge in [-0.25, -0.2) is 0 Å². The largest absolute Gasteiger partial charge is 0.493 e. The smallest absolute Gasteiger partial charge is 0.258 e. The van der Waals surface area contributed by atoms with Gasteiger partial charge >= 0.3 is 0 Å². The van der Waals surface area contributed by atoms with Crippen LogP contribution in [-0.2, 0) is 6.54 Å². The van der Waals surface area contributed by atoms with Crippen molar-refractivity contribution in [2.75, 3.05) is 19.7 Å². The average molecular weight is 475 g/mol. The third-order valence-electron chi connectivity index (χ3n) is 6.16. The maximum Gasteiger partial charge on any atom is 0.258 e. The highest BCUT2D eigenvalue weighted by atomic mass is 35.5. The molecular weight excluding hydrogens is 448 g/mol. The standard InChI is InChI=1S/C27H27ClN4O2/c1-19-8-9-23(16-29-19)26-30-27(34-31-26)22-5-3-7-25(15-22)33-18-20-10-12-32(13-11-20)17-21-4-2-6-24(28)14-21/h2-9,14-16,20H,10-13,17-18H2,1H3. The highest BCUT2D eigenvalue weighted by Crippen LogP contribution is 2.27. The zero-order valence-corrected chi connectivity index (χ0v) is 19.9. The first-order chi connectivity index (χ1) is 16.6. The molecule has 0 radical (unpaired) electrons. The topological polar surface area (TPSA) is 64.3 Å². The average Bonchev–Trinajstić information content (AvgIpc) is 3.35. The summed E-state index contributed by atoms with van der Waals surface area (Å²) in [5, 5.41) is 4.90. The van der Waals surface area contributed by atoms with E-state index >= 15 is 0 Å². The van der Waals surface area contributed by atoms with Crippen LogP contribution in [0.5, 0.6) is 5.75 Å². The molecule has 0 saturated carbocycles. The van der Waals surface area contributed by atoms with Gasteiger partial charge in [-0.2, -0.15) is 4.98 Å². The van der Waals surface area contributed by atoms with E-state index < -0.39 is 0 Å². The Morgan fingerprint density at radius 2 is 1.88 bits per heavy atom. The number of halogens is 1. The van der Waals surface area contributed by atoms with Gasteiger partial charge in [-0.3, -0.25) is 9.88 Å². The lowest BCUT2D eigenvalue weighted by molar-refractivity contribution is 0.137. The summed E-state index contributed by atoms with van der Waals surface area (Å²) in [4.78, 5) is 11.3. The fourth-order valence-corrected chi connectivity index (χ4v) is 4.41. The minimum absolute atomic E-state index is 0.468. The van der Waals surface area contributed by atoms with Crippen LogP contribution in [0.1, 0.15) is 24.1 Å². The van der Waals surface area contributed by atoms with Crippen molar-refractivity contribution in [1.82, 2.24) is 20.0 Å². The minimum Gasteiger partial charge on any atom is -0.493 e. The summed E-state index contributed by atoms with van der Waals surface area (Å²) in [7, 11) is 0. The Morgan fingerprint density at radius 1 is 1.03 bits per heavy atom. The molecule has 2 aromatic carbocycles. The maximum absolute atomic E-state index is 6.15. The summed E-state index contributed by atoms with van der Waals surface area (Å²) in [5.74, 6) is 2.35. The molecule has 0 spiro atoms. The molecule has 1 fully saturated rings. The van der Waals surface area contributed by atoms with E-state index in [-0.39, 0.29) is 0 Å². The number of likely N-dealkylation sites (tertiary alicyclic amines) is 1. The van der Waals surface area contributed by atoms with E-state index in [1.54, 1.807) is 6.20 Å². The van der Waals surface area contributed by atoms with Gasteiger partial charge in [0.05, 0.1) is 6.61 Å². The number of rotatable bonds is 7. The van der Waals surface area contributed by atoms with Crippen molar-refractivity contribution < 1.29 is 9.26 Å². The van der Waals surface area contributed by atoms with Crippen LogP contribution in [0.4, 0.5) is 0 Å². The van der Waals surface area contributed by atoms with Crippen molar-refractivity contribution >= 4 is 11.6 Å². The molecular formula is C27H27ClN4O2. The van der Waals surface area contributed by atoms with Crippen molar-refractivity contribution in [3.63, 3.8) is 0 Å². The molecule has 34 heavy (non-hydrogen) atoms. The maximum atomic E-state index is 6.15. The molecule has 0 atom stereocenters. The molecule has 0 N–H and O–H groups in total. The molecule has 6 nitrogen and oxygen atoms in total. The summed E-state index contributed by atoms with van der Waals surface area (Å²) in [5.41, 5.74) is 3.88. The lowest BCUT2D eigenvalue weighted by Crippen LogP contribution is -2.35. The van der Waals surface area contributed by atoms with Crippen LogP contribution in [0.3, 0.4) is 0 Å². The third kappa shape index (κ3) is 5.64. The second-order valence-electron chi connectivity index (χ2n) is 8.80. The Balaban J connectivity index is 1.14. The zero-order valence-electron chi connectivity index (χ0n) is 19.2. The van der Waals surface area contributed by atoms with Gasteiger partial charge in [0.25, 0.3) is 5.89 Å². The van der Waals surface area contributed by atoms with Crippen LogP contribution < -0.4 is 4.74 Å². The molecule has 5 rings (SSSR count). The van der Waals surface area contributed by atoms with Crippen molar-refractivity contribution in [3.05, 3.63) is 83.1 Å². The number of aromatic nitrogens is 3. The summed E-state index contributed by atoms with van der Waals surface area (Å²) in [6.07, 6.45) is 4.00. The van der Waals surface area contributed by atoms with E-state index in [1.165, 1.54) is 5.56 Å². The van der Waals surface area contributed by atoms with Crippen molar-refractivity contribution in [2.24, 2.45) is 5.92 Å².